The number of fused-ring (bicyclic) bond motifs is 8. The second-order valence-electron chi connectivity index (χ2n) is 10.6. The molecule has 0 bridgehead atoms. The molecule has 4 aromatic rings. The minimum atomic E-state index is -1.10. The molecular weight excluding hydrogens is 464 g/mol. The molecule has 3 aromatic carbocycles. The van der Waals surface area contributed by atoms with Crippen molar-refractivity contribution in [1.29, 1.82) is 0 Å². The molecule has 3 aliphatic heterocycles. The van der Waals surface area contributed by atoms with Gasteiger partial charge in [0.05, 0.1) is 34.1 Å². The number of rotatable bonds is 3. The van der Waals surface area contributed by atoms with Gasteiger partial charge in [-0.2, -0.15) is 0 Å². The standard InChI is InChI=1S/C30H26N4O3/c1-17(2)16-22-24-25(28(37)33(27(24)36)18-10-4-3-5-11-18)30(32-22)20-13-7-9-15-23(20)34-26(35)19-12-6-8-14-21(19)31-29(30)34/h3-15,17,22,24-25,32H,16H2,1-2H3/t22?,24-,25+,30?/m0/s1. The lowest BCUT2D eigenvalue weighted by Gasteiger charge is -2.32. The maximum atomic E-state index is 14.3. The molecule has 184 valence electrons. The molecule has 7 rings (SSSR count). The topological polar surface area (TPSA) is 84.3 Å². The van der Waals surface area contributed by atoms with E-state index in [4.69, 9.17) is 4.98 Å². The quantitative estimate of drug-likeness (QED) is 0.442. The Kier molecular flexibility index (Phi) is 4.60. The number of nitrogens with zero attached hydrogens (tertiary/aromatic N) is 3. The number of amides is 2. The van der Waals surface area contributed by atoms with Crippen LogP contribution in [0.4, 0.5) is 5.69 Å². The molecule has 1 aromatic heterocycles. The average Bonchev–Trinajstić information content (AvgIpc) is 3.47. The zero-order chi connectivity index (χ0) is 25.5. The molecule has 1 N–H and O–H groups in total. The molecule has 0 aliphatic carbocycles. The number of carbonyl (C=O) groups excluding carboxylic acids is 2. The molecule has 2 saturated heterocycles. The van der Waals surface area contributed by atoms with Crippen LogP contribution < -0.4 is 15.8 Å². The van der Waals surface area contributed by atoms with E-state index in [9.17, 15) is 14.4 Å². The van der Waals surface area contributed by atoms with Gasteiger partial charge in [0, 0.05) is 11.6 Å². The lowest BCUT2D eigenvalue weighted by Crippen LogP contribution is -2.50. The molecular formula is C30H26N4O3. The summed E-state index contributed by atoms with van der Waals surface area (Å²) in [7, 11) is 0. The van der Waals surface area contributed by atoms with E-state index in [0.29, 0.717) is 40.4 Å². The third-order valence-corrected chi connectivity index (χ3v) is 8.10. The zero-order valence-electron chi connectivity index (χ0n) is 20.6. The molecule has 1 spiro atoms. The van der Waals surface area contributed by atoms with Gasteiger partial charge < -0.3 is 0 Å². The number of benzene rings is 3. The van der Waals surface area contributed by atoms with Gasteiger partial charge in [-0.05, 0) is 42.7 Å². The Balaban J connectivity index is 1.53. The van der Waals surface area contributed by atoms with Gasteiger partial charge in [0.25, 0.3) is 5.56 Å². The summed E-state index contributed by atoms with van der Waals surface area (Å²) in [6.07, 6.45) is 0.713. The van der Waals surface area contributed by atoms with Crippen LogP contribution in [0.5, 0.6) is 0 Å². The van der Waals surface area contributed by atoms with Gasteiger partial charge in [-0.15, -0.1) is 0 Å². The van der Waals surface area contributed by atoms with E-state index in [1.54, 1.807) is 22.8 Å². The Bertz CT molecular complexity index is 1660. The average molecular weight is 491 g/mol. The molecule has 2 amide bonds. The van der Waals surface area contributed by atoms with E-state index in [2.05, 4.69) is 19.2 Å². The molecule has 4 atom stereocenters. The van der Waals surface area contributed by atoms with Gasteiger partial charge in [0.15, 0.2) is 0 Å². The fraction of sp³-hybridized carbons (Fsp3) is 0.267. The van der Waals surface area contributed by atoms with Crippen LogP contribution in [-0.2, 0) is 15.1 Å². The van der Waals surface area contributed by atoms with Crippen molar-refractivity contribution in [2.45, 2.75) is 31.8 Å². The highest BCUT2D eigenvalue weighted by atomic mass is 16.2. The molecule has 2 fully saturated rings. The van der Waals surface area contributed by atoms with Crippen LogP contribution in [0.3, 0.4) is 0 Å². The fourth-order valence-corrected chi connectivity index (χ4v) is 6.76. The van der Waals surface area contributed by atoms with E-state index >= 15 is 0 Å². The number of aromatic nitrogens is 2. The number of hydrogen-bond donors (Lipinski definition) is 1. The van der Waals surface area contributed by atoms with Gasteiger partial charge in [0.1, 0.15) is 11.4 Å². The Morgan fingerprint density at radius 2 is 1.59 bits per heavy atom. The summed E-state index contributed by atoms with van der Waals surface area (Å²) in [5, 5.41) is 4.27. The molecule has 3 aliphatic rings. The largest absolute Gasteiger partial charge is 0.297 e. The molecule has 2 unspecified atom stereocenters. The molecule has 0 saturated carbocycles. The minimum absolute atomic E-state index is 0.174. The van der Waals surface area contributed by atoms with Crippen molar-refractivity contribution in [3.63, 3.8) is 0 Å². The first-order chi connectivity index (χ1) is 17.9. The van der Waals surface area contributed by atoms with Crippen LogP contribution in [0.25, 0.3) is 16.6 Å². The highest BCUT2D eigenvalue weighted by Crippen LogP contribution is 2.56. The second kappa shape index (κ2) is 7.70. The summed E-state index contributed by atoms with van der Waals surface area (Å²) < 4.78 is 1.64. The third-order valence-electron chi connectivity index (χ3n) is 8.10. The Morgan fingerprint density at radius 1 is 0.892 bits per heavy atom. The van der Waals surface area contributed by atoms with Crippen LogP contribution >= 0.6 is 0 Å². The molecule has 7 nitrogen and oxygen atoms in total. The number of hydrogen-bond acceptors (Lipinski definition) is 5. The minimum Gasteiger partial charge on any atom is -0.297 e. The van der Waals surface area contributed by atoms with Crippen molar-refractivity contribution >= 4 is 28.4 Å². The van der Waals surface area contributed by atoms with Crippen molar-refractivity contribution in [3.8, 4) is 5.69 Å². The number of anilines is 1. The SMILES string of the molecule is CC(C)CC1NC2(c3ccccc3-n3c2nc2ccccc2c3=O)[C@H]2C(=O)N(c3ccccc3)C(=O)[C@@H]12. The summed E-state index contributed by atoms with van der Waals surface area (Å²) in [6, 6.07) is 23.8. The van der Waals surface area contributed by atoms with E-state index in [1.165, 1.54) is 4.90 Å². The first-order valence-corrected chi connectivity index (χ1v) is 12.8. The Labute approximate surface area is 213 Å². The first kappa shape index (κ1) is 22.1. The first-order valence-electron chi connectivity index (χ1n) is 12.8. The van der Waals surface area contributed by atoms with E-state index in [1.807, 2.05) is 60.7 Å². The van der Waals surface area contributed by atoms with Gasteiger partial charge >= 0.3 is 0 Å². The maximum Gasteiger partial charge on any atom is 0.266 e. The third kappa shape index (κ3) is 2.80. The van der Waals surface area contributed by atoms with E-state index < -0.39 is 17.4 Å². The normalized spacial score (nSPS) is 25.8. The van der Waals surface area contributed by atoms with Crippen LogP contribution in [0.15, 0.2) is 83.7 Å². The van der Waals surface area contributed by atoms with E-state index in [-0.39, 0.29) is 23.4 Å². The highest BCUT2D eigenvalue weighted by Gasteiger charge is 2.69. The predicted octanol–water partition coefficient (Wildman–Crippen LogP) is 3.77. The second-order valence-corrected chi connectivity index (χ2v) is 10.6. The van der Waals surface area contributed by atoms with Crippen molar-refractivity contribution in [2.24, 2.45) is 17.8 Å². The molecule has 0 radical (unpaired) electrons. The monoisotopic (exact) mass is 490 g/mol. The van der Waals surface area contributed by atoms with Crippen LogP contribution in [0.1, 0.15) is 31.7 Å². The molecule has 37 heavy (non-hydrogen) atoms. The van der Waals surface area contributed by atoms with Crippen molar-refractivity contribution in [1.82, 2.24) is 14.9 Å². The van der Waals surface area contributed by atoms with Crippen LogP contribution in [0.2, 0.25) is 0 Å². The summed E-state index contributed by atoms with van der Waals surface area (Å²) in [6.45, 7) is 4.23. The Hall–Kier alpha value is -4.10. The number of para-hydroxylation sites is 3. The fourth-order valence-electron chi connectivity index (χ4n) is 6.76. The smallest absolute Gasteiger partial charge is 0.266 e. The summed E-state index contributed by atoms with van der Waals surface area (Å²) in [5.41, 5.74) is 1.39. The summed E-state index contributed by atoms with van der Waals surface area (Å²) in [5.74, 6) is -0.981. The number of imide groups is 1. The molecule has 4 heterocycles. The Morgan fingerprint density at radius 3 is 2.38 bits per heavy atom. The van der Waals surface area contributed by atoms with Gasteiger partial charge in [-0.1, -0.05) is 62.4 Å². The number of nitrogens with one attached hydrogen (secondary N) is 1. The van der Waals surface area contributed by atoms with Gasteiger partial charge in [0.2, 0.25) is 11.8 Å². The zero-order valence-corrected chi connectivity index (χ0v) is 20.6. The highest BCUT2D eigenvalue weighted by molar-refractivity contribution is 6.23. The summed E-state index contributed by atoms with van der Waals surface area (Å²) >= 11 is 0. The van der Waals surface area contributed by atoms with Crippen molar-refractivity contribution in [3.05, 3.63) is 101 Å². The van der Waals surface area contributed by atoms with Gasteiger partial charge in [-0.25, -0.2) is 9.88 Å². The predicted molar refractivity (Wildman–Crippen MR) is 140 cm³/mol. The van der Waals surface area contributed by atoms with Gasteiger partial charge in [-0.3, -0.25) is 24.3 Å². The summed E-state index contributed by atoms with van der Waals surface area (Å²) in [4.78, 5) is 48.5. The lowest BCUT2D eigenvalue weighted by atomic mass is 9.75. The number of carbonyl (C=O) groups is 2. The van der Waals surface area contributed by atoms with Crippen LogP contribution in [-0.4, -0.2) is 27.4 Å². The lowest BCUT2D eigenvalue weighted by molar-refractivity contribution is -0.123. The van der Waals surface area contributed by atoms with Crippen molar-refractivity contribution in [2.75, 3.05) is 4.90 Å². The van der Waals surface area contributed by atoms with E-state index in [0.717, 1.165) is 5.56 Å². The molecule has 7 heteroatoms. The van der Waals surface area contributed by atoms with Crippen LogP contribution in [0, 0.1) is 17.8 Å². The maximum absolute atomic E-state index is 14.3. The van der Waals surface area contributed by atoms with Crippen molar-refractivity contribution < 1.29 is 9.59 Å².